The van der Waals surface area contributed by atoms with E-state index in [1.54, 1.807) is 9.42 Å². The lowest BCUT2D eigenvalue weighted by atomic mass is 9.94. The number of hydrogen-bond acceptors (Lipinski definition) is 12. The van der Waals surface area contributed by atoms with Gasteiger partial charge in [-0.25, -0.2) is 13.8 Å². The summed E-state index contributed by atoms with van der Waals surface area (Å²) < 4.78 is 9.10. The van der Waals surface area contributed by atoms with Gasteiger partial charge in [0.15, 0.2) is 11.3 Å². The molecule has 17 nitrogen and oxygen atoms in total. The number of benzene rings is 2. The van der Waals surface area contributed by atoms with Gasteiger partial charge in [-0.3, -0.25) is 9.59 Å². The summed E-state index contributed by atoms with van der Waals surface area (Å²) in [6.07, 6.45) is 17.4. The quantitative estimate of drug-likeness (QED) is 0.134. The molecule has 4 aliphatic rings. The Labute approximate surface area is 428 Å². The van der Waals surface area contributed by atoms with Crippen molar-refractivity contribution in [2.24, 2.45) is 0 Å². The third-order valence-corrected chi connectivity index (χ3v) is 14.5. The number of likely N-dealkylation sites (tertiary alicyclic amines) is 2. The van der Waals surface area contributed by atoms with E-state index in [1.807, 2.05) is 128 Å². The van der Waals surface area contributed by atoms with Crippen molar-refractivity contribution in [3.63, 3.8) is 0 Å². The molecular formula is C56H71N13O4. The minimum absolute atomic E-state index is 0.0441. The molecule has 17 heteroatoms. The monoisotopic (exact) mass is 990 g/mol. The van der Waals surface area contributed by atoms with Crippen LogP contribution < -0.4 is 10.6 Å². The van der Waals surface area contributed by atoms with Crippen LogP contribution in [0, 0.1) is 0 Å². The van der Waals surface area contributed by atoms with E-state index in [4.69, 9.17) is 14.7 Å². The lowest BCUT2D eigenvalue weighted by Gasteiger charge is -2.35. The number of carbonyl (C=O) groups is 3. The van der Waals surface area contributed by atoms with Crippen molar-refractivity contribution in [1.82, 2.24) is 53.7 Å². The highest BCUT2D eigenvalue weighted by molar-refractivity contribution is 5.95. The molecular weight excluding hydrogens is 919 g/mol. The van der Waals surface area contributed by atoms with Crippen molar-refractivity contribution in [3.05, 3.63) is 120 Å². The molecule has 3 amide bonds. The Hall–Kier alpha value is -7.11. The van der Waals surface area contributed by atoms with Gasteiger partial charge in [0, 0.05) is 85.3 Å². The van der Waals surface area contributed by atoms with Crippen molar-refractivity contribution < 1.29 is 19.1 Å². The maximum Gasteiger partial charge on any atom is 0.410 e. The molecule has 2 saturated heterocycles. The summed E-state index contributed by atoms with van der Waals surface area (Å²) in [7, 11) is 8.08. The first-order valence-corrected chi connectivity index (χ1v) is 25.9. The fraction of sp³-hybridized carbons (Fsp3) is 0.446. The van der Waals surface area contributed by atoms with Gasteiger partial charge in [-0.05, 0) is 203 Å². The zero-order valence-corrected chi connectivity index (χ0v) is 43.6. The van der Waals surface area contributed by atoms with E-state index in [0.717, 1.165) is 104 Å². The Kier molecular flexibility index (Phi) is 15.6. The van der Waals surface area contributed by atoms with Gasteiger partial charge in [-0.2, -0.15) is 9.97 Å². The highest BCUT2D eigenvalue weighted by Crippen LogP contribution is 2.31. The zero-order valence-electron chi connectivity index (χ0n) is 43.6. The van der Waals surface area contributed by atoms with E-state index in [0.29, 0.717) is 48.6 Å². The van der Waals surface area contributed by atoms with Crippen molar-refractivity contribution >= 4 is 63.6 Å². The molecule has 0 atom stereocenters. The number of nitrogens with zero attached hydrogens (tertiary/aromatic N) is 11. The van der Waals surface area contributed by atoms with Crippen LogP contribution in [0.15, 0.2) is 97.3 Å². The third-order valence-electron chi connectivity index (χ3n) is 14.5. The van der Waals surface area contributed by atoms with Crippen molar-refractivity contribution in [2.75, 3.05) is 78.1 Å². The number of fused-ring (bicyclic) bond motifs is 2. The van der Waals surface area contributed by atoms with Crippen molar-refractivity contribution in [3.8, 4) is 0 Å². The maximum absolute atomic E-state index is 13.0. The van der Waals surface area contributed by atoms with Crippen LogP contribution in [0.1, 0.15) is 110 Å². The van der Waals surface area contributed by atoms with Crippen LogP contribution in [0.3, 0.4) is 0 Å². The first-order valence-electron chi connectivity index (χ1n) is 25.9. The Morgan fingerprint density at radius 1 is 0.616 bits per heavy atom. The minimum Gasteiger partial charge on any atom is -0.444 e. The van der Waals surface area contributed by atoms with Crippen LogP contribution in [0.5, 0.6) is 0 Å². The fourth-order valence-electron chi connectivity index (χ4n) is 10.1. The predicted octanol–water partition coefficient (Wildman–Crippen LogP) is 9.26. The molecule has 4 aromatic heterocycles. The summed E-state index contributed by atoms with van der Waals surface area (Å²) in [4.78, 5) is 58.1. The molecule has 2 aromatic carbocycles. The van der Waals surface area contributed by atoms with E-state index >= 15 is 0 Å². The molecule has 0 saturated carbocycles. The molecule has 0 unspecified atom stereocenters. The number of pyridine rings is 2. The van der Waals surface area contributed by atoms with Gasteiger partial charge in [0.25, 0.3) is 11.8 Å². The van der Waals surface area contributed by atoms with Crippen LogP contribution in [-0.2, 0) is 4.74 Å². The molecule has 0 radical (unpaired) electrons. The number of rotatable bonds is 10. The molecule has 0 bridgehead atoms. The maximum atomic E-state index is 13.0. The van der Waals surface area contributed by atoms with Crippen molar-refractivity contribution in [1.29, 1.82) is 0 Å². The Bertz CT molecular complexity index is 2960. The second-order valence-corrected chi connectivity index (χ2v) is 20.9. The predicted molar refractivity (Wildman–Crippen MR) is 287 cm³/mol. The molecule has 7 heterocycles. The smallest absolute Gasteiger partial charge is 0.410 e. The molecule has 10 rings (SSSR count). The normalized spacial score (nSPS) is 17.3. The Balaban J connectivity index is 0.000000183. The molecule has 3 aliphatic heterocycles. The summed E-state index contributed by atoms with van der Waals surface area (Å²) in [5.41, 5.74) is 8.79. The molecule has 6 aromatic rings. The SMILES string of the molecule is CN1CCC(N(C)C(=O)c2ccc(Nc3nc4c(C5=CCCCC5)cccn4n3)cc2)CC1.CN1CCC(N(C)C(=O)c2ccc(Nc3nc4c(C5=CCN(C(=O)OC(C)(C)C)CC5)cccn4n3)cc2)CC1. The number of ether oxygens (including phenoxy) is 1. The van der Waals surface area contributed by atoms with E-state index < -0.39 is 5.60 Å². The highest BCUT2D eigenvalue weighted by Gasteiger charge is 2.28. The fourth-order valence-corrected chi connectivity index (χ4v) is 10.1. The van der Waals surface area contributed by atoms with Gasteiger partial charge in [0.1, 0.15) is 5.60 Å². The molecule has 1 aliphatic carbocycles. The summed E-state index contributed by atoms with van der Waals surface area (Å²) in [6, 6.07) is 23.8. The largest absolute Gasteiger partial charge is 0.444 e. The summed E-state index contributed by atoms with van der Waals surface area (Å²) in [5, 5.41) is 15.8. The van der Waals surface area contributed by atoms with Gasteiger partial charge >= 0.3 is 6.09 Å². The van der Waals surface area contributed by atoms with Gasteiger partial charge < -0.3 is 39.9 Å². The van der Waals surface area contributed by atoms with Gasteiger partial charge in [0.05, 0.1) is 0 Å². The topological polar surface area (TPSA) is 161 Å². The second kappa shape index (κ2) is 22.3. The highest BCUT2D eigenvalue weighted by atomic mass is 16.6. The van der Waals surface area contributed by atoms with Crippen LogP contribution in [-0.4, -0.2) is 157 Å². The second-order valence-electron chi connectivity index (χ2n) is 20.9. The number of carbonyl (C=O) groups excluding carboxylic acids is 3. The van der Waals surface area contributed by atoms with Gasteiger partial charge in [-0.15, -0.1) is 10.2 Å². The summed E-state index contributed by atoms with van der Waals surface area (Å²) >= 11 is 0. The number of hydrogen-bond donors (Lipinski definition) is 2. The number of piperidine rings is 2. The van der Waals surface area contributed by atoms with Crippen LogP contribution in [0.4, 0.5) is 28.1 Å². The van der Waals surface area contributed by atoms with Crippen LogP contribution in [0.2, 0.25) is 0 Å². The van der Waals surface area contributed by atoms with Crippen molar-refractivity contribution in [2.45, 2.75) is 96.2 Å². The van der Waals surface area contributed by atoms with E-state index in [9.17, 15) is 14.4 Å². The third kappa shape index (κ3) is 12.4. The lowest BCUT2D eigenvalue weighted by molar-refractivity contribution is 0.0270. The standard InChI is InChI=1S/C30H39N7O3.C26H32N6O/c1-30(2,3)40-29(39)36-19-12-21(13-20-36)25-7-6-16-37-26(25)32-28(33-37)31-23-10-8-22(9-11-23)27(38)35(5)24-14-17-34(4)18-15-24;1-30-17-14-22(15-18-30)31(2)25(33)20-10-12-21(13-11-20)27-26-28-24-23(9-6-16-32(24)29-26)19-7-4-3-5-8-19/h6-12,16,24H,13-15,17-20H2,1-5H3,(H,31,33);6-7,9-13,16,22H,3-5,8,14-15,17-18H2,1-2H3,(H,27,29). The summed E-state index contributed by atoms with van der Waals surface area (Å²) in [5.74, 6) is 1.15. The average molecular weight is 990 g/mol. The van der Waals surface area contributed by atoms with Gasteiger partial charge in [0.2, 0.25) is 11.9 Å². The van der Waals surface area contributed by atoms with Crippen LogP contribution >= 0.6 is 0 Å². The Morgan fingerprint density at radius 3 is 1.49 bits per heavy atom. The number of nitrogens with one attached hydrogen (secondary N) is 2. The number of aromatic nitrogens is 6. The molecule has 384 valence electrons. The summed E-state index contributed by atoms with van der Waals surface area (Å²) in [6.45, 7) is 10.8. The lowest BCUT2D eigenvalue weighted by Crippen LogP contribution is -2.44. The molecule has 2 fully saturated rings. The van der Waals surface area contributed by atoms with E-state index in [1.165, 1.54) is 18.4 Å². The first-order chi connectivity index (χ1) is 35.2. The van der Waals surface area contributed by atoms with E-state index in [2.05, 4.69) is 62.9 Å². The molecule has 73 heavy (non-hydrogen) atoms. The number of anilines is 4. The Morgan fingerprint density at radius 2 is 1.08 bits per heavy atom. The average Bonchev–Trinajstić information content (AvgIpc) is 4.02. The first kappa shape index (κ1) is 50.8. The minimum atomic E-state index is -0.518. The van der Waals surface area contributed by atoms with Gasteiger partial charge in [-0.1, -0.05) is 12.2 Å². The number of allylic oxidation sites excluding steroid dienone is 2. The molecule has 2 N–H and O–H groups in total. The molecule has 0 spiro atoms. The zero-order chi connectivity index (χ0) is 51.2. The van der Waals surface area contributed by atoms with Crippen LogP contribution in [0.25, 0.3) is 22.4 Å². The van der Waals surface area contributed by atoms with E-state index in [-0.39, 0.29) is 23.9 Å². The number of amides is 3.